The summed E-state index contributed by atoms with van der Waals surface area (Å²) in [5.74, 6) is 0.0614. The number of halogens is 1. The second-order valence-corrected chi connectivity index (χ2v) is 9.42. The van der Waals surface area contributed by atoms with Gasteiger partial charge in [0.05, 0.1) is 5.75 Å². The third-order valence-corrected chi connectivity index (χ3v) is 6.96. The lowest BCUT2D eigenvalue weighted by Gasteiger charge is -2.39. The predicted molar refractivity (Wildman–Crippen MR) is 107 cm³/mol. The molecule has 2 aromatic carbocycles. The fourth-order valence-electron chi connectivity index (χ4n) is 3.44. The minimum absolute atomic E-state index is 0.0432. The van der Waals surface area contributed by atoms with E-state index in [0.717, 1.165) is 41.3 Å². The van der Waals surface area contributed by atoms with Crippen molar-refractivity contribution in [1.29, 1.82) is 0 Å². The molecule has 1 heterocycles. The maximum Gasteiger partial charge on any atom is 0.218 e. The summed E-state index contributed by atoms with van der Waals surface area (Å²) in [5, 5.41) is 0.731. The van der Waals surface area contributed by atoms with Gasteiger partial charge in [-0.2, -0.15) is 4.31 Å². The first-order valence-corrected chi connectivity index (χ1v) is 10.8. The van der Waals surface area contributed by atoms with Gasteiger partial charge >= 0.3 is 0 Å². The predicted octanol–water partition coefficient (Wildman–Crippen LogP) is 3.68. The summed E-state index contributed by atoms with van der Waals surface area (Å²) in [5.41, 5.74) is 3.12. The molecule has 0 aromatic heterocycles. The average molecular weight is 393 g/mol. The fraction of sp³-hybridized carbons (Fsp3) is 0.400. The molecule has 0 spiro atoms. The van der Waals surface area contributed by atoms with Crippen molar-refractivity contribution >= 4 is 21.6 Å². The number of aryl methyl sites for hydroxylation is 1. The van der Waals surface area contributed by atoms with Gasteiger partial charge in [-0.05, 0) is 37.1 Å². The monoisotopic (exact) mass is 392 g/mol. The molecule has 6 heteroatoms. The average Bonchev–Trinajstić information content (AvgIpc) is 2.56. The van der Waals surface area contributed by atoms with Crippen LogP contribution in [0.25, 0.3) is 0 Å². The number of hydrogen-bond donors (Lipinski definition) is 0. The Hall–Kier alpha value is -1.40. The highest BCUT2D eigenvalue weighted by molar-refractivity contribution is 7.88. The summed E-state index contributed by atoms with van der Waals surface area (Å²) < 4.78 is 27.4. The van der Waals surface area contributed by atoms with E-state index in [-0.39, 0.29) is 11.8 Å². The van der Waals surface area contributed by atoms with Crippen LogP contribution in [0.5, 0.6) is 0 Å². The van der Waals surface area contributed by atoms with Crippen molar-refractivity contribution < 1.29 is 8.42 Å². The minimum Gasteiger partial charge on any atom is -0.296 e. The molecule has 1 fully saturated rings. The van der Waals surface area contributed by atoms with Crippen LogP contribution in [-0.4, -0.2) is 43.3 Å². The Bertz CT molecular complexity index is 852. The molecule has 1 aliphatic heterocycles. The van der Waals surface area contributed by atoms with Gasteiger partial charge in [0.25, 0.3) is 0 Å². The van der Waals surface area contributed by atoms with E-state index in [9.17, 15) is 8.42 Å². The molecule has 0 unspecified atom stereocenters. The summed E-state index contributed by atoms with van der Waals surface area (Å²) in [6.45, 7) is 6.74. The van der Waals surface area contributed by atoms with Crippen LogP contribution < -0.4 is 0 Å². The van der Waals surface area contributed by atoms with E-state index < -0.39 is 10.0 Å². The van der Waals surface area contributed by atoms with Gasteiger partial charge in [0, 0.05) is 37.2 Å². The third kappa shape index (κ3) is 4.86. The van der Waals surface area contributed by atoms with Crippen molar-refractivity contribution in [3.05, 3.63) is 70.2 Å². The van der Waals surface area contributed by atoms with Crippen LogP contribution in [0, 0.1) is 6.92 Å². The normalized spacial score (nSPS) is 19.6. The Labute approximate surface area is 161 Å². The highest BCUT2D eigenvalue weighted by atomic mass is 35.5. The highest BCUT2D eigenvalue weighted by Crippen LogP contribution is 2.20. The molecule has 1 aliphatic rings. The second kappa shape index (κ2) is 8.09. The van der Waals surface area contributed by atoms with Crippen molar-refractivity contribution in [2.45, 2.75) is 32.2 Å². The lowest BCUT2D eigenvalue weighted by molar-refractivity contribution is 0.138. The van der Waals surface area contributed by atoms with E-state index in [0.29, 0.717) is 6.54 Å². The first kappa shape index (κ1) is 19.4. The second-order valence-electron chi connectivity index (χ2n) is 7.07. The van der Waals surface area contributed by atoms with E-state index in [1.165, 1.54) is 0 Å². The maximum absolute atomic E-state index is 12.8. The smallest absolute Gasteiger partial charge is 0.218 e. The molecule has 26 heavy (non-hydrogen) atoms. The molecule has 3 rings (SSSR count). The zero-order chi connectivity index (χ0) is 18.7. The molecule has 4 nitrogen and oxygen atoms in total. The number of piperazine rings is 1. The quantitative estimate of drug-likeness (QED) is 0.779. The molecule has 2 aromatic rings. The van der Waals surface area contributed by atoms with Gasteiger partial charge in [-0.15, -0.1) is 0 Å². The molecule has 0 aliphatic carbocycles. The SMILES string of the molecule is Cc1ccc(CS(=O)(=O)N2CCN(Cc3cccc(Cl)c3)C[C@@H]2C)cc1. The molecule has 0 amide bonds. The number of nitrogens with zero attached hydrogens (tertiary/aromatic N) is 2. The van der Waals surface area contributed by atoms with Crippen LogP contribution in [0.1, 0.15) is 23.6 Å². The van der Waals surface area contributed by atoms with Gasteiger partial charge < -0.3 is 0 Å². The first-order valence-electron chi connectivity index (χ1n) is 8.85. The first-order chi connectivity index (χ1) is 12.3. The van der Waals surface area contributed by atoms with Gasteiger partial charge in [-0.1, -0.05) is 53.6 Å². The number of benzene rings is 2. The summed E-state index contributed by atoms with van der Waals surface area (Å²) in [6, 6.07) is 15.5. The standard InChI is InChI=1S/C20H25ClN2O2S/c1-16-6-8-18(9-7-16)15-26(24,25)23-11-10-22(13-17(23)2)14-19-4-3-5-20(21)12-19/h3-9,12,17H,10-11,13-15H2,1-2H3/t17-/m0/s1. The Morgan fingerprint density at radius 3 is 2.46 bits per heavy atom. The largest absolute Gasteiger partial charge is 0.296 e. The highest BCUT2D eigenvalue weighted by Gasteiger charge is 2.32. The number of rotatable bonds is 5. The lowest BCUT2D eigenvalue weighted by atomic mass is 10.1. The summed E-state index contributed by atoms with van der Waals surface area (Å²) in [7, 11) is -3.32. The van der Waals surface area contributed by atoms with E-state index in [1.54, 1.807) is 4.31 Å². The molecule has 0 bridgehead atoms. The Morgan fingerprint density at radius 2 is 1.81 bits per heavy atom. The Balaban J connectivity index is 1.63. The van der Waals surface area contributed by atoms with Gasteiger partial charge in [-0.3, -0.25) is 4.90 Å². The topological polar surface area (TPSA) is 40.6 Å². The summed E-state index contributed by atoms with van der Waals surface area (Å²) >= 11 is 6.05. The van der Waals surface area contributed by atoms with Crippen LogP contribution >= 0.6 is 11.6 Å². The van der Waals surface area contributed by atoms with Crippen LogP contribution in [0.15, 0.2) is 48.5 Å². The van der Waals surface area contributed by atoms with Crippen LogP contribution in [0.2, 0.25) is 5.02 Å². The number of sulfonamides is 1. The van der Waals surface area contributed by atoms with E-state index >= 15 is 0 Å². The van der Waals surface area contributed by atoms with Gasteiger partial charge in [-0.25, -0.2) is 8.42 Å². The van der Waals surface area contributed by atoms with Gasteiger partial charge in [0.1, 0.15) is 0 Å². The van der Waals surface area contributed by atoms with E-state index in [2.05, 4.69) is 11.0 Å². The van der Waals surface area contributed by atoms with Crippen molar-refractivity contribution in [3.63, 3.8) is 0 Å². The summed E-state index contributed by atoms with van der Waals surface area (Å²) in [4.78, 5) is 2.29. The van der Waals surface area contributed by atoms with Crippen LogP contribution in [0.4, 0.5) is 0 Å². The molecule has 0 saturated carbocycles. The van der Waals surface area contributed by atoms with Crippen molar-refractivity contribution in [1.82, 2.24) is 9.21 Å². The molecular formula is C20H25ClN2O2S. The van der Waals surface area contributed by atoms with E-state index in [1.807, 2.05) is 56.3 Å². The summed E-state index contributed by atoms with van der Waals surface area (Å²) in [6.07, 6.45) is 0. The fourth-order valence-corrected chi connectivity index (χ4v) is 5.41. The third-order valence-electron chi connectivity index (χ3n) is 4.77. The Kier molecular flexibility index (Phi) is 6.03. The van der Waals surface area contributed by atoms with Gasteiger partial charge in [0.15, 0.2) is 0 Å². The molecule has 1 atom stereocenters. The molecule has 140 valence electrons. The molecule has 1 saturated heterocycles. The maximum atomic E-state index is 12.8. The Morgan fingerprint density at radius 1 is 1.08 bits per heavy atom. The minimum atomic E-state index is -3.32. The zero-order valence-electron chi connectivity index (χ0n) is 15.2. The molecule has 0 N–H and O–H groups in total. The lowest BCUT2D eigenvalue weighted by Crippen LogP contribution is -2.53. The van der Waals surface area contributed by atoms with Crippen LogP contribution in [0.3, 0.4) is 0 Å². The van der Waals surface area contributed by atoms with Crippen molar-refractivity contribution in [3.8, 4) is 0 Å². The van der Waals surface area contributed by atoms with Crippen molar-refractivity contribution in [2.24, 2.45) is 0 Å². The van der Waals surface area contributed by atoms with E-state index in [4.69, 9.17) is 11.6 Å². The van der Waals surface area contributed by atoms with Crippen LogP contribution in [-0.2, 0) is 22.3 Å². The molecule has 0 radical (unpaired) electrons. The zero-order valence-corrected chi connectivity index (χ0v) is 16.8. The van der Waals surface area contributed by atoms with Gasteiger partial charge in [0.2, 0.25) is 10.0 Å². The number of hydrogen-bond acceptors (Lipinski definition) is 3. The molecular weight excluding hydrogens is 368 g/mol. The van der Waals surface area contributed by atoms with Crippen molar-refractivity contribution in [2.75, 3.05) is 19.6 Å².